The summed E-state index contributed by atoms with van der Waals surface area (Å²) in [6.07, 6.45) is 1.66. The van der Waals surface area contributed by atoms with Crippen LogP contribution in [0.5, 0.6) is 0 Å². The van der Waals surface area contributed by atoms with E-state index in [4.69, 9.17) is 0 Å². The van der Waals surface area contributed by atoms with E-state index in [0.29, 0.717) is 0 Å². The van der Waals surface area contributed by atoms with Crippen LogP contribution in [0.25, 0.3) is 11.8 Å². The summed E-state index contributed by atoms with van der Waals surface area (Å²) < 4.78 is 2.13. The van der Waals surface area contributed by atoms with Crippen LogP contribution >= 0.6 is 0 Å². The average Bonchev–Trinajstić information content (AvgIpc) is 2.78. The molecule has 24 heavy (non-hydrogen) atoms. The van der Waals surface area contributed by atoms with Gasteiger partial charge in [-0.25, -0.2) is 0 Å². The van der Waals surface area contributed by atoms with E-state index in [2.05, 4.69) is 35.0 Å². The molecule has 0 aliphatic rings. The van der Waals surface area contributed by atoms with E-state index in [-0.39, 0.29) is 17.5 Å². The molecule has 0 fully saturated rings. The summed E-state index contributed by atoms with van der Waals surface area (Å²) in [5, 5.41) is 12.1. The molecule has 0 saturated heterocycles. The van der Waals surface area contributed by atoms with Crippen LogP contribution in [0.2, 0.25) is 0 Å². The van der Waals surface area contributed by atoms with Gasteiger partial charge in [0.1, 0.15) is 11.6 Å². The lowest BCUT2D eigenvalue weighted by Gasteiger charge is -2.10. The fourth-order valence-corrected chi connectivity index (χ4v) is 2.74. The van der Waals surface area contributed by atoms with Crippen LogP contribution in [0.3, 0.4) is 0 Å². The minimum Gasteiger partial charge on any atom is -0.349 e. The van der Waals surface area contributed by atoms with Crippen LogP contribution in [0, 0.1) is 32.1 Å². The first kappa shape index (κ1) is 17.6. The maximum absolute atomic E-state index is 12.1. The van der Waals surface area contributed by atoms with Gasteiger partial charge in [0.25, 0.3) is 5.91 Å². The molecule has 1 N–H and O–H groups in total. The summed E-state index contributed by atoms with van der Waals surface area (Å²) in [6, 6.07) is 12.2. The summed E-state index contributed by atoms with van der Waals surface area (Å²) in [7, 11) is 0. The van der Waals surface area contributed by atoms with Crippen molar-refractivity contribution in [3.8, 4) is 11.8 Å². The van der Waals surface area contributed by atoms with Crippen molar-refractivity contribution in [2.45, 2.75) is 40.7 Å². The normalized spacial score (nSPS) is 11.5. The fourth-order valence-electron chi connectivity index (χ4n) is 2.74. The second kappa shape index (κ2) is 7.18. The molecule has 4 nitrogen and oxygen atoms in total. The fraction of sp³-hybridized carbons (Fsp3) is 0.300. The topological polar surface area (TPSA) is 57.8 Å². The summed E-state index contributed by atoms with van der Waals surface area (Å²) in [5.74, 6) is -0.340. The molecule has 0 unspecified atom stereocenters. The van der Waals surface area contributed by atoms with E-state index in [1.54, 1.807) is 6.08 Å². The highest BCUT2D eigenvalue weighted by Gasteiger charge is 2.14. The van der Waals surface area contributed by atoms with Gasteiger partial charge in [0.15, 0.2) is 0 Å². The standard InChI is InChI=1S/C20H23N3O/c1-13(2)22-20(24)18(12-21)11-17-10-15(4)23(16(17)5)19-8-6-7-14(3)9-19/h6-11,13H,1-5H3,(H,22,24)/b18-11-. The second-order valence-electron chi connectivity index (χ2n) is 6.30. The number of rotatable bonds is 4. The Morgan fingerprint density at radius 3 is 2.54 bits per heavy atom. The molecule has 0 radical (unpaired) electrons. The predicted octanol–water partition coefficient (Wildman–Crippen LogP) is 3.83. The van der Waals surface area contributed by atoms with E-state index < -0.39 is 0 Å². The second-order valence-corrected chi connectivity index (χ2v) is 6.30. The highest BCUT2D eigenvalue weighted by Crippen LogP contribution is 2.23. The molecule has 0 bridgehead atoms. The van der Waals surface area contributed by atoms with Crippen molar-refractivity contribution in [1.82, 2.24) is 9.88 Å². The molecule has 0 saturated carbocycles. The maximum Gasteiger partial charge on any atom is 0.262 e. The van der Waals surface area contributed by atoms with Gasteiger partial charge in [0.05, 0.1) is 0 Å². The molecule has 2 aromatic rings. The summed E-state index contributed by atoms with van der Waals surface area (Å²) in [4.78, 5) is 12.1. The Labute approximate surface area is 143 Å². The molecule has 1 aromatic heterocycles. The third kappa shape index (κ3) is 3.75. The van der Waals surface area contributed by atoms with Crippen LogP contribution in [0.15, 0.2) is 35.9 Å². The van der Waals surface area contributed by atoms with Crippen molar-refractivity contribution in [2.75, 3.05) is 0 Å². The van der Waals surface area contributed by atoms with E-state index in [9.17, 15) is 10.1 Å². The highest BCUT2D eigenvalue weighted by molar-refractivity contribution is 6.02. The van der Waals surface area contributed by atoms with Gasteiger partial charge in [-0.2, -0.15) is 5.26 Å². The summed E-state index contributed by atoms with van der Waals surface area (Å²) in [6.45, 7) is 9.82. The quantitative estimate of drug-likeness (QED) is 0.687. The Bertz CT molecular complexity index is 835. The summed E-state index contributed by atoms with van der Waals surface area (Å²) >= 11 is 0. The maximum atomic E-state index is 12.1. The van der Waals surface area contributed by atoms with Gasteiger partial charge in [-0.15, -0.1) is 0 Å². The lowest BCUT2D eigenvalue weighted by atomic mass is 10.1. The SMILES string of the molecule is Cc1cccc(-n2c(C)cc(/C=C(/C#N)C(=O)NC(C)C)c2C)c1. The molecule has 1 heterocycles. The summed E-state index contributed by atoms with van der Waals surface area (Å²) in [5.41, 5.74) is 5.33. The molecular formula is C20H23N3O. The van der Waals surface area contributed by atoms with E-state index in [1.807, 2.05) is 45.9 Å². The number of benzene rings is 1. The molecule has 1 amide bonds. The molecule has 0 aliphatic heterocycles. The number of carbonyl (C=O) groups is 1. The van der Waals surface area contributed by atoms with Gasteiger partial charge in [-0.1, -0.05) is 12.1 Å². The van der Waals surface area contributed by atoms with E-state index in [1.165, 1.54) is 5.56 Å². The molecule has 0 spiro atoms. The predicted molar refractivity (Wildman–Crippen MR) is 96.8 cm³/mol. The first-order chi connectivity index (χ1) is 11.3. The zero-order valence-electron chi connectivity index (χ0n) is 14.8. The Morgan fingerprint density at radius 2 is 1.96 bits per heavy atom. The largest absolute Gasteiger partial charge is 0.349 e. The van der Waals surface area contributed by atoms with Gasteiger partial charge in [0.2, 0.25) is 0 Å². The van der Waals surface area contributed by atoms with E-state index in [0.717, 1.165) is 22.6 Å². The van der Waals surface area contributed by atoms with Crippen LogP contribution in [0.4, 0.5) is 0 Å². The molecule has 1 aromatic carbocycles. The lowest BCUT2D eigenvalue weighted by molar-refractivity contribution is -0.117. The monoisotopic (exact) mass is 321 g/mol. The van der Waals surface area contributed by atoms with Gasteiger partial charge in [-0.05, 0) is 70.0 Å². The minimum atomic E-state index is -0.340. The van der Waals surface area contributed by atoms with Crippen LogP contribution in [0.1, 0.15) is 36.4 Å². The number of nitriles is 1. The van der Waals surface area contributed by atoms with E-state index >= 15 is 0 Å². The van der Waals surface area contributed by atoms with Gasteiger partial charge < -0.3 is 9.88 Å². The number of hydrogen-bond donors (Lipinski definition) is 1. The minimum absolute atomic E-state index is 0.00558. The zero-order valence-corrected chi connectivity index (χ0v) is 14.8. The van der Waals surface area contributed by atoms with Crippen molar-refractivity contribution >= 4 is 12.0 Å². The van der Waals surface area contributed by atoms with Crippen molar-refractivity contribution in [3.63, 3.8) is 0 Å². The molecule has 2 rings (SSSR count). The van der Waals surface area contributed by atoms with Gasteiger partial charge >= 0.3 is 0 Å². The molecular weight excluding hydrogens is 298 g/mol. The van der Waals surface area contributed by atoms with Crippen molar-refractivity contribution < 1.29 is 4.79 Å². The zero-order chi connectivity index (χ0) is 17.9. The number of carbonyl (C=O) groups excluding carboxylic acids is 1. The number of amides is 1. The van der Waals surface area contributed by atoms with Crippen molar-refractivity contribution in [2.24, 2.45) is 0 Å². The van der Waals surface area contributed by atoms with Gasteiger partial charge in [-0.3, -0.25) is 4.79 Å². The number of nitrogens with one attached hydrogen (secondary N) is 1. The molecule has 4 heteroatoms. The third-order valence-corrected chi connectivity index (χ3v) is 3.81. The Hall–Kier alpha value is -2.80. The Kier molecular flexibility index (Phi) is 5.25. The molecule has 0 atom stereocenters. The number of aryl methyl sites for hydroxylation is 2. The lowest BCUT2D eigenvalue weighted by Crippen LogP contribution is -2.30. The van der Waals surface area contributed by atoms with Crippen LogP contribution < -0.4 is 5.32 Å². The van der Waals surface area contributed by atoms with Crippen LogP contribution in [-0.4, -0.2) is 16.5 Å². The van der Waals surface area contributed by atoms with Crippen molar-refractivity contribution in [3.05, 3.63) is 58.4 Å². The molecule has 124 valence electrons. The Morgan fingerprint density at radius 1 is 1.25 bits per heavy atom. The van der Waals surface area contributed by atoms with Gasteiger partial charge in [0, 0.05) is 23.1 Å². The number of nitrogens with zero attached hydrogens (tertiary/aromatic N) is 2. The third-order valence-electron chi connectivity index (χ3n) is 3.81. The number of aromatic nitrogens is 1. The molecule has 0 aliphatic carbocycles. The van der Waals surface area contributed by atoms with Crippen molar-refractivity contribution in [1.29, 1.82) is 5.26 Å². The average molecular weight is 321 g/mol. The number of hydrogen-bond acceptors (Lipinski definition) is 2. The first-order valence-electron chi connectivity index (χ1n) is 8.02. The first-order valence-corrected chi connectivity index (χ1v) is 8.02. The smallest absolute Gasteiger partial charge is 0.262 e. The Balaban J connectivity index is 2.47. The van der Waals surface area contributed by atoms with Crippen LogP contribution in [-0.2, 0) is 4.79 Å². The highest BCUT2D eigenvalue weighted by atomic mass is 16.1.